The Morgan fingerprint density at radius 2 is 2.15 bits per heavy atom. The maximum Gasteiger partial charge on any atom is 0.232 e. The third-order valence-corrected chi connectivity index (χ3v) is 4.32. The summed E-state index contributed by atoms with van der Waals surface area (Å²) in [7, 11) is 0. The third-order valence-electron chi connectivity index (χ3n) is 4.32. The molecule has 0 aliphatic carbocycles. The fourth-order valence-electron chi connectivity index (χ4n) is 3.13. The molecule has 6 heteroatoms. The van der Waals surface area contributed by atoms with Gasteiger partial charge in [0.05, 0.1) is 6.54 Å². The van der Waals surface area contributed by atoms with Crippen LogP contribution in [0.1, 0.15) is 45.3 Å². The summed E-state index contributed by atoms with van der Waals surface area (Å²) < 4.78 is 5.36. The molecule has 20 heavy (non-hydrogen) atoms. The van der Waals surface area contributed by atoms with Gasteiger partial charge in [-0.1, -0.05) is 25.9 Å². The molecule has 1 unspecified atom stereocenters. The molecule has 0 aromatic carbocycles. The van der Waals surface area contributed by atoms with Gasteiger partial charge in [-0.05, 0) is 31.3 Å². The second-order valence-electron chi connectivity index (χ2n) is 7.15. The van der Waals surface area contributed by atoms with E-state index >= 15 is 0 Å². The van der Waals surface area contributed by atoms with Crippen LogP contribution in [0.3, 0.4) is 0 Å². The first kappa shape index (κ1) is 15.7. The summed E-state index contributed by atoms with van der Waals surface area (Å²) in [5.74, 6) is 1.56. The van der Waals surface area contributed by atoms with E-state index in [9.17, 15) is 0 Å². The van der Waals surface area contributed by atoms with Crippen LogP contribution >= 0.6 is 12.4 Å². The molecule has 3 rings (SSSR count). The van der Waals surface area contributed by atoms with Crippen molar-refractivity contribution < 1.29 is 4.52 Å². The van der Waals surface area contributed by atoms with Gasteiger partial charge in [0.1, 0.15) is 0 Å². The predicted octanol–water partition coefficient (Wildman–Crippen LogP) is 1.97. The van der Waals surface area contributed by atoms with Crippen molar-refractivity contribution in [3.63, 3.8) is 0 Å². The number of hydrogen-bond acceptors (Lipinski definition) is 5. The predicted molar refractivity (Wildman–Crippen MR) is 80.1 cm³/mol. The average molecular weight is 301 g/mol. The first-order chi connectivity index (χ1) is 8.97. The molecule has 0 bridgehead atoms. The smallest absolute Gasteiger partial charge is 0.232 e. The van der Waals surface area contributed by atoms with Crippen molar-refractivity contribution in [1.29, 1.82) is 0 Å². The van der Waals surface area contributed by atoms with Crippen LogP contribution in [0, 0.1) is 5.41 Å². The lowest BCUT2D eigenvalue weighted by Crippen LogP contribution is -2.29. The van der Waals surface area contributed by atoms with E-state index in [-0.39, 0.29) is 17.8 Å². The summed E-state index contributed by atoms with van der Waals surface area (Å²) >= 11 is 0. The molecule has 0 saturated carbocycles. The zero-order valence-electron chi connectivity index (χ0n) is 12.6. The number of nitrogens with one attached hydrogen (secondary N) is 1. The lowest BCUT2D eigenvalue weighted by molar-refractivity contribution is 0.258. The fourth-order valence-corrected chi connectivity index (χ4v) is 3.13. The Morgan fingerprint density at radius 1 is 1.35 bits per heavy atom. The monoisotopic (exact) mass is 300 g/mol. The normalized spacial score (nSPS) is 27.1. The van der Waals surface area contributed by atoms with E-state index in [1.54, 1.807) is 0 Å². The van der Waals surface area contributed by atoms with Crippen LogP contribution in [-0.4, -0.2) is 41.2 Å². The molecule has 1 spiro atoms. The molecular formula is C14H25ClN4O. The van der Waals surface area contributed by atoms with E-state index < -0.39 is 0 Å². The Labute approximate surface area is 126 Å². The number of aromatic nitrogens is 2. The van der Waals surface area contributed by atoms with E-state index in [0.717, 1.165) is 24.8 Å². The highest BCUT2D eigenvalue weighted by molar-refractivity contribution is 5.85. The number of likely N-dealkylation sites (tertiary alicyclic amines) is 1. The van der Waals surface area contributed by atoms with Gasteiger partial charge in [0.15, 0.2) is 5.82 Å². The van der Waals surface area contributed by atoms with Crippen LogP contribution in [0.4, 0.5) is 0 Å². The van der Waals surface area contributed by atoms with Gasteiger partial charge in [0, 0.05) is 18.5 Å². The molecule has 1 aromatic heterocycles. The lowest BCUT2D eigenvalue weighted by atomic mass is 9.87. The average Bonchev–Trinajstić information content (AvgIpc) is 3.01. The van der Waals surface area contributed by atoms with Crippen molar-refractivity contribution in [1.82, 2.24) is 20.4 Å². The summed E-state index contributed by atoms with van der Waals surface area (Å²) in [4.78, 5) is 6.99. The quantitative estimate of drug-likeness (QED) is 0.905. The SMILES string of the molecule is CC(C)(C)c1nc(CN2CCC3(CCNC3)C2)no1.Cl. The molecule has 0 radical (unpaired) electrons. The van der Waals surface area contributed by atoms with E-state index in [2.05, 4.69) is 41.1 Å². The van der Waals surface area contributed by atoms with Crippen LogP contribution in [0.5, 0.6) is 0 Å². The summed E-state index contributed by atoms with van der Waals surface area (Å²) in [6.07, 6.45) is 2.60. The number of halogens is 1. The first-order valence-electron chi connectivity index (χ1n) is 7.23. The van der Waals surface area contributed by atoms with E-state index in [4.69, 9.17) is 4.52 Å². The summed E-state index contributed by atoms with van der Waals surface area (Å²) in [6, 6.07) is 0. The summed E-state index contributed by atoms with van der Waals surface area (Å²) in [6.45, 7) is 11.8. The molecular weight excluding hydrogens is 276 g/mol. The van der Waals surface area contributed by atoms with Gasteiger partial charge < -0.3 is 9.84 Å². The van der Waals surface area contributed by atoms with E-state index in [1.807, 2.05) is 0 Å². The molecule has 2 aliphatic heterocycles. The molecule has 114 valence electrons. The van der Waals surface area contributed by atoms with Gasteiger partial charge in [-0.3, -0.25) is 4.90 Å². The van der Waals surface area contributed by atoms with Crippen LogP contribution in [-0.2, 0) is 12.0 Å². The van der Waals surface area contributed by atoms with Crippen LogP contribution < -0.4 is 5.32 Å². The highest BCUT2D eigenvalue weighted by atomic mass is 35.5. The first-order valence-corrected chi connectivity index (χ1v) is 7.23. The number of nitrogens with zero attached hydrogens (tertiary/aromatic N) is 3. The van der Waals surface area contributed by atoms with Crippen LogP contribution in [0.25, 0.3) is 0 Å². The van der Waals surface area contributed by atoms with Crippen LogP contribution in [0.15, 0.2) is 4.52 Å². The van der Waals surface area contributed by atoms with E-state index in [0.29, 0.717) is 5.41 Å². The summed E-state index contributed by atoms with van der Waals surface area (Å²) in [5.41, 5.74) is 0.448. The molecule has 1 N–H and O–H groups in total. The lowest BCUT2D eigenvalue weighted by Gasteiger charge is -2.22. The van der Waals surface area contributed by atoms with Crippen molar-refractivity contribution in [3.8, 4) is 0 Å². The standard InChI is InChI=1S/C14H24N4O.ClH/c1-13(2,3)12-16-11(17-19-12)8-18-7-5-14(10-18)4-6-15-9-14;/h15H,4-10H2,1-3H3;1H. The zero-order chi connectivity index (χ0) is 13.5. The highest BCUT2D eigenvalue weighted by Gasteiger charge is 2.40. The van der Waals surface area contributed by atoms with E-state index in [1.165, 1.54) is 32.5 Å². The van der Waals surface area contributed by atoms with Gasteiger partial charge in [-0.2, -0.15) is 4.98 Å². The molecule has 3 heterocycles. The molecule has 2 fully saturated rings. The van der Waals surface area contributed by atoms with Crippen molar-refractivity contribution in [2.45, 2.75) is 45.6 Å². The minimum atomic E-state index is -0.0626. The molecule has 0 amide bonds. The van der Waals surface area contributed by atoms with Crippen molar-refractivity contribution in [3.05, 3.63) is 11.7 Å². The van der Waals surface area contributed by atoms with Gasteiger partial charge >= 0.3 is 0 Å². The molecule has 1 atom stereocenters. The Bertz CT molecular complexity index is 448. The molecule has 1 aromatic rings. The van der Waals surface area contributed by atoms with Gasteiger partial charge in [-0.15, -0.1) is 12.4 Å². The largest absolute Gasteiger partial charge is 0.339 e. The van der Waals surface area contributed by atoms with Crippen LogP contribution in [0.2, 0.25) is 0 Å². The zero-order valence-corrected chi connectivity index (χ0v) is 13.4. The maximum atomic E-state index is 5.36. The van der Waals surface area contributed by atoms with Crippen molar-refractivity contribution >= 4 is 12.4 Å². The molecule has 2 saturated heterocycles. The minimum Gasteiger partial charge on any atom is -0.339 e. The Morgan fingerprint density at radius 3 is 2.75 bits per heavy atom. The Kier molecular flexibility index (Phi) is 4.42. The van der Waals surface area contributed by atoms with Crippen molar-refractivity contribution in [2.75, 3.05) is 26.2 Å². The Hall–Kier alpha value is -0.650. The summed E-state index contributed by atoms with van der Waals surface area (Å²) in [5, 5.41) is 7.60. The second-order valence-corrected chi connectivity index (χ2v) is 7.15. The maximum absolute atomic E-state index is 5.36. The second kappa shape index (κ2) is 5.62. The topological polar surface area (TPSA) is 54.2 Å². The van der Waals surface area contributed by atoms with Gasteiger partial charge in [0.2, 0.25) is 5.89 Å². The highest BCUT2D eigenvalue weighted by Crippen LogP contribution is 2.36. The van der Waals surface area contributed by atoms with Gasteiger partial charge in [0.25, 0.3) is 0 Å². The van der Waals surface area contributed by atoms with Gasteiger partial charge in [-0.25, -0.2) is 0 Å². The molecule has 2 aliphatic rings. The third kappa shape index (κ3) is 3.15. The molecule has 5 nitrogen and oxygen atoms in total. The Balaban J connectivity index is 0.00000147. The van der Waals surface area contributed by atoms with Crippen molar-refractivity contribution in [2.24, 2.45) is 5.41 Å². The number of hydrogen-bond donors (Lipinski definition) is 1. The minimum absolute atomic E-state index is 0. The number of rotatable bonds is 2. The fraction of sp³-hybridized carbons (Fsp3) is 0.857.